The maximum Gasteiger partial charge on any atom is 0.291 e. The summed E-state index contributed by atoms with van der Waals surface area (Å²) >= 11 is 6.18. The van der Waals surface area contributed by atoms with Gasteiger partial charge in [-0.25, -0.2) is 4.98 Å². The van der Waals surface area contributed by atoms with Crippen LogP contribution in [0.1, 0.15) is 28.4 Å². The molecule has 0 aliphatic rings. The van der Waals surface area contributed by atoms with Crippen molar-refractivity contribution in [3.8, 4) is 11.3 Å². The second-order valence-corrected chi connectivity index (χ2v) is 7.41. The zero-order chi connectivity index (χ0) is 22.3. The van der Waals surface area contributed by atoms with Crippen molar-refractivity contribution >= 4 is 29.1 Å². The summed E-state index contributed by atoms with van der Waals surface area (Å²) in [5.74, 6) is 0.802. The molecule has 0 saturated carbocycles. The first kappa shape index (κ1) is 21.4. The van der Waals surface area contributed by atoms with Gasteiger partial charge in [-0.05, 0) is 42.0 Å². The number of benzene rings is 2. The fourth-order valence-corrected chi connectivity index (χ4v) is 3.31. The van der Waals surface area contributed by atoms with Crippen LogP contribution >= 0.6 is 11.6 Å². The van der Waals surface area contributed by atoms with Gasteiger partial charge in [0.1, 0.15) is 0 Å². The first-order chi connectivity index (χ1) is 15.6. The number of hydrogen-bond acceptors (Lipinski definition) is 5. The number of nitrogens with one attached hydrogen (secondary N) is 2. The van der Waals surface area contributed by atoms with Gasteiger partial charge in [-0.3, -0.25) is 9.59 Å². The molecule has 8 heteroatoms. The molecule has 0 atom stereocenters. The Kier molecular flexibility index (Phi) is 6.67. The van der Waals surface area contributed by atoms with E-state index < -0.39 is 0 Å². The molecule has 4 rings (SSSR count). The second-order valence-electron chi connectivity index (χ2n) is 7.01. The topological polar surface area (TPSA) is 97.4 Å². The largest absolute Gasteiger partial charge is 0.459 e. The van der Waals surface area contributed by atoms with Gasteiger partial charge >= 0.3 is 0 Å². The minimum atomic E-state index is -0.335. The summed E-state index contributed by atoms with van der Waals surface area (Å²) in [7, 11) is 0. The third-order valence-electron chi connectivity index (χ3n) is 4.68. The van der Waals surface area contributed by atoms with Gasteiger partial charge in [-0.2, -0.15) is 0 Å². The van der Waals surface area contributed by atoms with E-state index in [0.717, 1.165) is 11.1 Å². The molecule has 162 valence electrons. The zero-order valence-corrected chi connectivity index (χ0v) is 17.8. The minimum absolute atomic E-state index is 0.132. The van der Waals surface area contributed by atoms with E-state index in [9.17, 15) is 9.59 Å². The number of halogens is 1. The molecule has 2 heterocycles. The number of aryl methyl sites for hydroxylation is 1. The molecule has 2 amide bonds. The van der Waals surface area contributed by atoms with Crippen molar-refractivity contribution in [2.24, 2.45) is 0 Å². The summed E-state index contributed by atoms with van der Waals surface area (Å²) in [6.45, 7) is 0.333. The molecule has 7 nitrogen and oxygen atoms in total. The Hall–Kier alpha value is -3.84. The monoisotopic (exact) mass is 449 g/mol. The molecule has 0 aliphatic carbocycles. The minimum Gasteiger partial charge on any atom is -0.459 e. The van der Waals surface area contributed by atoms with Crippen molar-refractivity contribution in [2.45, 2.75) is 19.4 Å². The Bertz CT molecular complexity index is 1220. The van der Waals surface area contributed by atoms with Crippen LogP contribution in [-0.2, 0) is 17.8 Å². The summed E-state index contributed by atoms with van der Waals surface area (Å²) in [5, 5.41) is 6.21. The number of aromatic nitrogens is 1. The third-order valence-corrected chi connectivity index (χ3v) is 5.01. The van der Waals surface area contributed by atoms with Crippen molar-refractivity contribution in [2.75, 3.05) is 5.32 Å². The summed E-state index contributed by atoms with van der Waals surface area (Å²) in [4.78, 5) is 28.6. The van der Waals surface area contributed by atoms with E-state index in [0.29, 0.717) is 35.3 Å². The smallest absolute Gasteiger partial charge is 0.291 e. The lowest BCUT2D eigenvalue weighted by Crippen LogP contribution is -2.23. The van der Waals surface area contributed by atoms with Crippen LogP contribution in [0.4, 0.5) is 5.69 Å². The lowest BCUT2D eigenvalue weighted by atomic mass is 10.2. The number of rotatable bonds is 8. The molecule has 0 aliphatic heterocycles. The van der Waals surface area contributed by atoms with E-state index in [-0.39, 0.29) is 24.0 Å². The van der Waals surface area contributed by atoms with Crippen molar-refractivity contribution in [3.63, 3.8) is 0 Å². The first-order valence-corrected chi connectivity index (χ1v) is 10.4. The van der Waals surface area contributed by atoms with Crippen LogP contribution in [0, 0.1) is 0 Å². The van der Waals surface area contributed by atoms with Crippen molar-refractivity contribution < 1.29 is 18.4 Å². The predicted molar refractivity (Wildman–Crippen MR) is 120 cm³/mol. The van der Waals surface area contributed by atoms with Crippen molar-refractivity contribution in [3.05, 3.63) is 95.4 Å². The molecule has 0 radical (unpaired) electrons. The molecule has 2 N–H and O–H groups in total. The number of anilines is 1. The zero-order valence-electron chi connectivity index (χ0n) is 17.0. The molecular weight excluding hydrogens is 430 g/mol. The number of amides is 2. The number of oxazole rings is 1. The molecule has 0 fully saturated rings. The molecule has 32 heavy (non-hydrogen) atoms. The average Bonchev–Trinajstić information content (AvgIpc) is 3.49. The van der Waals surface area contributed by atoms with E-state index in [1.54, 1.807) is 36.5 Å². The quantitative estimate of drug-likeness (QED) is 0.390. The van der Waals surface area contributed by atoms with Gasteiger partial charge in [0.2, 0.25) is 5.91 Å². The van der Waals surface area contributed by atoms with Gasteiger partial charge in [-0.15, -0.1) is 0 Å². The maximum absolute atomic E-state index is 12.3. The van der Waals surface area contributed by atoms with Crippen molar-refractivity contribution in [1.29, 1.82) is 0 Å². The van der Waals surface area contributed by atoms with Crippen LogP contribution in [-0.4, -0.2) is 16.8 Å². The van der Waals surface area contributed by atoms with E-state index in [1.165, 1.54) is 6.26 Å². The molecule has 0 bridgehead atoms. The van der Waals surface area contributed by atoms with Gasteiger partial charge < -0.3 is 19.5 Å². The standard InChI is InChI=1S/C24H20ClN3O4/c25-19-8-2-1-7-18(19)21-15-27-23(32-21)11-10-22(29)26-14-16-5-3-6-17(13-16)28-24(30)20-9-4-12-31-20/h1-9,12-13,15H,10-11,14H2,(H,26,29)(H,28,30). The highest BCUT2D eigenvalue weighted by Gasteiger charge is 2.12. The molecular formula is C24H20ClN3O4. The van der Waals surface area contributed by atoms with E-state index in [1.807, 2.05) is 30.3 Å². The lowest BCUT2D eigenvalue weighted by Gasteiger charge is -2.08. The molecule has 2 aromatic carbocycles. The highest BCUT2D eigenvalue weighted by atomic mass is 35.5. The highest BCUT2D eigenvalue weighted by molar-refractivity contribution is 6.33. The Balaban J connectivity index is 1.27. The SMILES string of the molecule is O=C(CCc1ncc(-c2ccccc2Cl)o1)NCc1cccc(NC(=O)c2ccco2)c1. The van der Waals surface area contributed by atoms with Crippen LogP contribution < -0.4 is 10.6 Å². The molecule has 0 spiro atoms. The normalized spacial score (nSPS) is 10.7. The van der Waals surface area contributed by atoms with Crippen LogP contribution in [0.5, 0.6) is 0 Å². The molecule has 0 unspecified atom stereocenters. The highest BCUT2D eigenvalue weighted by Crippen LogP contribution is 2.28. The Morgan fingerprint density at radius 2 is 1.91 bits per heavy atom. The van der Waals surface area contributed by atoms with E-state index in [2.05, 4.69) is 15.6 Å². The van der Waals surface area contributed by atoms with Gasteiger partial charge in [0.05, 0.1) is 17.5 Å². The van der Waals surface area contributed by atoms with Gasteiger partial charge in [0, 0.05) is 30.6 Å². The van der Waals surface area contributed by atoms with Crippen LogP contribution in [0.2, 0.25) is 5.02 Å². The molecule has 2 aromatic heterocycles. The van der Waals surface area contributed by atoms with E-state index >= 15 is 0 Å². The number of carbonyl (C=O) groups excluding carboxylic acids is 2. The second kappa shape index (κ2) is 9.98. The van der Waals surface area contributed by atoms with Gasteiger partial charge in [0.15, 0.2) is 17.4 Å². The maximum atomic E-state index is 12.3. The summed E-state index contributed by atoms with van der Waals surface area (Å²) in [6, 6.07) is 17.8. The Morgan fingerprint density at radius 1 is 1.03 bits per heavy atom. The van der Waals surface area contributed by atoms with E-state index in [4.69, 9.17) is 20.4 Å². The number of furan rings is 1. The summed E-state index contributed by atoms with van der Waals surface area (Å²) in [6.07, 6.45) is 3.65. The summed E-state index contributed by atoms with van der Waals surface area (Å²) in [5.41, 5.74) is 2.23. The number of hydrogen-bond donors (Lipinski definition) is 2. The average molecular weight is 450 g/mol. The molecule has 4 aromatic rings. The lowest BCUT2D eigenvalue weighted by molar-refractivity contribution is -0.121. The third kappa shape index (κ3) is 5.44. The van der Waals surface area contributed by atoms with Crippen LogP contribution in [0.3, 0.4) is 0 Å². The van der Waals surface area contributed by atoms with Gasteiger partial charge in [0.25, 0.3) is 5.91 Å². The van der Waals surface area contributed by atoms with Crippen LogP contribution in [0.15, 0.2) is 82.0 Å². The number of nitrogens with zero attached hydrogens (tertiary/aromatic N) is 1. The van der Waals surface area contributed by atoms with Crippen molar-refractivity contribution in [1.82, 2.24) is 10.3 Å². The first-order valence-electron chi connectivity index (χ1n) is 9.98. The fraction of sp³-hybridized carbons (Fsp3) is 0.125. The molecule has 0 saturated heterocycles. The Morgan fingerprint density at radius 3 is 2.72 bits per heavy atom. The fourth-order valence-electron chi connectivity index (χ4n) is 3.08. The predicted octanol–water partition coefficient (Wildman–Crippen LogP) is 5.09. The Labute approximate surface area is 189 Å². The summed E-state index contributed by atoms with van der Waals surface area (Å²) < 4.78 is 10.8. The van der Waals surface area contributed by atoms with Crippen LogP contribution in [0.25, 0.3) is 11.3 Å². The number of carbonyl (C=O) groups is 2. The van der Waals surface area contributed by atoms with Gasteiger partial charge in [-0.1, -0.05) is 35.9 Å².